The van der Waals surface area contributed by atoms with E-state index in [1.165, 1.54) is 55.8 Å². The summed E-state index contributed by atoms with van der Waals surface area (Å²) in [5.74, 6) is 0. The van der Waals surface area contributed by atoms with Gasteiger partial charge < -0.3 is 0 Å². The second-order valence-corrected chi connectivity index (χ2v) is 5.78. The first kappa shape index (κ1) is 11.8. The van der Waals surface area contributed by atoms with Gasteiger partial charge in [0.1, 0.15) is 0 Å². The fourth-order valence-corrected chi connectivity index (χ4v) is 2.65. The molecule has 1 aliphatic carbocycles. The highest BCUT2D eigenvalue weighted by molar-refractivity contribution is 9.14. The molecule has 0 N–H and O–H groups in total. The predicted octanol–water partition coefficient (Wildman–Crippen LogP) is 5.16. The van der Waals surface area contributed by atoms with Gasteiger partial charge in [0.2, 0.25) is 0 Å². The third-order valence-corrected chi connectivity index (χ3v) is 4.99. The van der Waals surface area contributed by atoms with E-state index >= 15 is 0 Å². The SMILES string of the molecule is Br/C1=C\CCCCCCCCC1Br. The first-order chi connectivity index (χ1) is 6.30. The van der Waals surface area contributed by atoms with Gasteiger partial charge in [-0.05, 0) is 19.3 Å². The summed E-state index contributed by atoms with van der Waals surface area (Å²) in [7, 11) is 0. The van der Waals surface area contributed by atoms with Crippen molar-refractivity contribution in [2.75, 3.05) is 0 Å². The summed E-state index contributed by atoms with van der Waals surface area (Å²) in [6.45, 7) is 0. The maximum absolute atomic E-state index is 3.71. The third kappa shape index (κ3) is 5.21. The number of halogens is 2. The van der Waals surface area contributed by atoms with Crippen LogP contribution < -0.4 is 0 Å². The highest BCUT2D eigenvalue weighted by atomic mass is 79.9. The van der Waals surface area contributed by atoms with E-state index in [-0.39, 0.29) is 0 Å². The average Bonchev–Trinajstić information content (AvgIpc) is 2.16. The van der Waals surface area contributed by atoms with Crippen LogP contribution in [0, 0.1) is 0 Å². The molecular formula is C11H18Br2. The van der Waals surface area contributed by atoms with Gasteiger partial charge in [0.15, 0.2) is 0 Å². The van der Waals surface area contributed by atoms with E-state index in [9.17, 15) is 0 Å². The highest BCUT2D eigenvalue weighted by Crippen LogP contribution is 2.26. The molecule has 0 aromatic heterocycles. The minimum absolute atomic E-state index is 0.561. The molecule has 0 saturated heterocycles. The van der Waals surface area contributed by atoms with Crippen molar-refractivity contribution in [2.45, 2.75) is 56.2 Å². The van der Waals surface area contributed by atoms with E-state index in [0.29, 0.717) is 4.83 Å². The molecule has 0 fully saturated rings. The molecule has 0 radical (unpaired) electrons. The van der Waals surface area contributed by atoms with Gasteiger partial charge in [-0.15, -0.1) is 0 Å². The molecule has 13 heavy (non-hydrogen) atoms. The quantitative estimate of drug-likeness (QED) is 0.542. The van der Waals surface area contributed by atoms with E-state index < -0.39 is 0 Å². The Bertz CT molecular complexity index is 163. The highest BCUT2D eigenvalue weighted by Gasteiger charge is 2.07. The zero-order valence-corrected chi connectivity index (χ0v) is 11.2. The van der Waals surface area contributed by atoms with Gasteiger partial charge in [0, 0.05) is 9.31 Å². The van der Waals surface area contributed by atoms with Gasteiger partial charge in [-0.1, -0.05) is 70.0 Å². The van der Waals surface area contributed by atoms with Crippen LogP contribution in [0.3, 0.4) is 0 Å². The number of hydrogen-bond acceptors (Lipinski definition) is 0. The van der Waals surface area contributed by atoms with E-state index in [4.69, 9.17) is 0 Å². The molecule has 0 aliphatic heterocycles. The monoisotopic (exact) mass is 308 g/mol. The standard InChI is InChI=1S/C11H18Br2/c12-10-8-6-4-2-1-3-5-7-9-11(10)13/h8,11H,1-7,9H2/b10-8-. The Hall–Kier alpha value is 0.700. The average molecular weight is 310 g/mol. The number of hydrogen-bond donors (Lipinski definition) is 0. The van der Waals surface area contributed by atoms with Crippen LogP contribution in [0.4, 0.5) is 0 Å². The summed E-state index contributed by atoms with van der Waals surface area (Å²) in [4.78, 5) is 0.561. The van der Waals surface area contributed by atoms with Crippen molar-refractivity contribution >= 4 is 31.9 Å². The van der Waals surface area contributed by atoms with Gasteiger partial charge in [0.05, 0.1) is 0 Å². The molecule has 0 heterocycles. The second kappa shape index (κ2) is 7.05. The molecule has 0 aromatic carbocycles. The third-order valence-electron chi connectivity index (χ3n) is 2.55. The van der Waals surface area contributed by atoms with Crippen molar-refractivity contribution in [1.29, 1.82) is 0 Å². The van der Waals surface area contributed by atoms with Crippen LogP contribution in [-0.4, -0.2) is 4.83 Å². The Morgan fingerprint density at radius 2 is 1.62 bits per heavy atom. The summed E-state index contributed by atoms with van der Waals surface area (Å²) >= 11 is 7.35. The molecule has 1 unspecified atom stereocenters. The molecule has 0 spiro atoms. The van der Waals surface area contributed by atoms with Crippen molar-refractivity contribution < 1.29 is 0 Å². The topological polar surface area (TPSA) is 0 Å². The van der Waals surface area contributed by atoms with E-state index in [1.807, 2.05) is 0 Å². The van der Waals surface area contributed by atoms with Crippen molar-refractivity contribution in [1.82, 2.24) is 0 Å². The molecular weight excluding hydrogens is 292 g/mol. The molecule has 0 nitrogen and oxygen atoms in total. The first-order valence-corrected chi connectivity index (χ1v) is 7.01. The number of rotatable bonds is 0. The largest absolute Gasteiger partial charge is 0.0833 e. The van der Waals surface area contributed by atoms with Gasteiger partial charge >= 0.3 is 0 Å². The van der Waals surface area contributed by atoms with Crippen LogP contribution >= 0.6 is 31.9 Å². The second-order valence-electron chi connectivity index (χ2n) is 3.76. The van der Waals surface area contributed by atoms with Crippen LogP contribution in [0.25, 0.3) is 0 Å². The minimum atomic E-state index is 0.561. The maximum atomic E-state index is 3.71. The molecule has 1 aliphatic rings. The predicted molar refractivity (Wildman–Crippen MR) is 66.7 cm³/mol. The number of allylic oxidation sites excluding steroid dienone is 2. The lowest BCUT2D eigenvalue weighted by atomic mass is 10.1. The Balaban J connectivity index is 2.39. The van der Waals surface area contributed by atoms with Gasteiger partial charge in [0.25, 0.3) is 0 Å². The molecule has 0 aromatic rings. The Morgan fingerprint density at radius 3 is 2.38 bits per heavy atom. The summed E-state index contributed by atoms with van der Waals surface area (Å²) in [6.07, 6.45) is 13.2. The van der Waals surface area contributed by atoms with Crippen LogP contribution in [0.5, 0.6) is 0 Å². The van der Waals surface area contributed by atoms with E-state index in [0.717, 1.165) is 0 Å². The van der Waals surface area contributed by atoms with Gasteiger partial charge in [-0.2, -0.15) is 0 Å². The summed E-state index contributed by atoms with van der Waals surface area (Å²) in [5, 5.41) is 0. The molecule has 76 valence electrons. The Kier molecular flexibility index (Phi) is 6.39. The number of alkyl halides is 1. The van der Waals surface area contributed by atoms with Crippen LogP contribution in [0.1, 0.15) is 51.4 Å². The van der Waals surface area contributed by atoms with Crippen LogP contribution in [0.15, 0.2) is 10.6 Å². The van der Waals surface area contributed by atoms with Crippen molar-refractivity contribution in [3.05, 3.63) is 10.6 Å². The lowest BCUT2D eigenvalue weighted by Gasteiger charge is -2.07. The van der Waals surface area contributed by atoms with Crippen molar-refractivity contribution in [3.8, 4) is 0 Å². The zero-order chi connectivity index (χ0) is 9.52. The Morgan fingerprint density at radius 1 is 1.00 bits per heavy atom. The normalized spacial score (nSPS) is 31.5. The summed E-state index contributed by atoms with van der Waals surface area (Å²) in [6, 6.07) is 0. The Labute approximate surface area is 98.4 Å². The molecule has 1 atom stereocenters. The van der Waals surface area contributed by atoms with Gasteiger partial charge in [-0.25, -0.2) is 0 Å². The van der Waals surface area contributed by atoms with Crippen molar-refractivity contribution in [3.63, 3.8) is 0 Å². The first-order valence-electron chi connectivity index (χ1n) is 5.30. The molecule has 2 heteroatoms. The minimum Gasteiger partial charge on any atom is -0.0833 e. The van der Waals surface area contributed by atoms with E-state index in [2.05, 4.69) is 37.9 Å². The maximum Gasteiger partial charge on any atom is 0.0458 e. The summed E-state index contributed by atoms with van der Waals surface area (Å²) < 4.78 is 1.36. The molecule has 0 saturated carbocycles. The lowest BCUT2D eigenvalue weighted by molar-refractivity contribution is 0.591. The van der Waals surface area contributed by atoms with Gasteiger partial charge in [-0.3, -0.25) is 0 Å². The smallest absolute Gasteiger partial charge is 0.0458 e. The molecule has 0 amide bonds. The van der Waals surface area contributed by atoms with Crippen LogP contribution in [-0.2, 0) is 0 Å². The summed E-state index contributed by atoms with van der Waals surface area (Å²) in [5.41, 5.74) is 0. The molecule has 1 rings (SSSR count). The molecule has 0 bridgehead atoms. The fraction of sp³-hybridized carbons (Fsp3) is 0.818. The fourth-order valence-electron chi connectivity index (χ4n) is 1.68. The lowest BCUT2D eigenvalue weighted by Crippen LogP contribution is -1.96. The van der Waals surface area contributed by atoms with E-state index in [1.54, 1.807) is 0 Å². The zero-order valence-electron chi connectivity index (χ0n) is 8.07. The van der Waals surface area contributed by atoms with Crippen molar-refractivity contribution in [2.24, 2.45) is 0 Å². The van der Waals surface area contributed by atoms with Crippen LogP contribution in [0.2, 0.25) is 0 Å².